The van der Waals surface area contributed by atoms with Gasteiger partial charge in [-0.1, -0.05) is 46.5 Å². The van der Waals surface area contributed by atoms with Gasteiger partial charge in [-0.2, -0.15) is 11.8 Å². The highest BCUT2D eigenvalue weighted by atomic mass is 32.2. The largest absolute Gasteiger partial charge is 0.165 e. The maximum absolute atomic E-state index is 2.54. The van der Waals surface area contributed by atoms with Crippen LogP contribution in [0.25, 0.3) is 0 Å². The molecule has 1 aliphatic carbocycles. The van der Waals surface area contributed by atoms with Crippen LogP contribution in [0.4, 0.5) is 0 Å². The van der Waals surface area contributed by atoms with E-state index >= 15 is 0 Å². The smallest absolute Gasteiger partial charge is 0.00703 e. The molecule has 0 aromatic heterocycles. The van der Waals surface area contributed by atoms with Gasteiger partial charge in [-0.25, -0.2) is 0 Å². The summed E-state index contributed by atoms with van der Waals surface area (Å²) in [6.45, 7) is 7.57. The zero-order valence-corrected chi connectivity index (χ0v) is 12.6. The summed E-state index contributed by atoms with van der Waals surface area (Å²) in [6, 6.07) is 0. The first kappa shape index (κ1) is 14.4. The fraction of sp³-hybridized carbons (Fsp3) is 1.00. The van der Waals surface area contributed by atoms with E-state index < -0.39 is 0 Å². The molecule has 96 valence electrons. The molecule has 0 unspecified atom stereocenters. The lowest BCUT2D eigenvalue weighted by Gasteiger charge is -2.47. The molecule has 1 fully saturated rings. The zero-order valence-electron chi connectivity index (χ0n) is 11.8. The van der Waals surface area contributed by atoms with Gasteiger partial charge in [0.05, 0.1) is 0 Å². The first-order valence-electron chi connectivity index (χ1n) is 7.01. The molecule has 0 atom stereocenters. The Kier molecular flexibility index (Phi) is 5.70. The van der Waals surface area contributed by atoms with E-state index in [1.54, 1.807) is 0 Å². The van der Waals surface area contributed by atoms with Crippen molar-refractivity contribution in [3.05, 3.63) is 0 Å². The molecule has 0 amide bonds. The van der Waals surface area contributed by atoms with Crippen molar-refractivity contribution in [2.24, 2.45) is 10.8 Å². The summed E-state index contributed by atoms with van der Waals surface area (Å²) in [6.07, 6.45) is 13.8. The third-order valence-electron chi connectivity index (χ3n) is 4.99. The third-order valence-corrected chi connectivity index (χ3v) is 5.69. The Bertz CT molecular complexity index is 190. The molecule has 0 aromatic carbocycles. The molecule has 0 heterocycles. The Morgan fingerprint density at radius 1 is 1.06 bits per heavy atom. The zero-order chi connectivity index (χ0) is 12.1. The van der Waals surface area contributed by atoms with E-state index in [1.165, 1.54) is 57.1 Å². The summed E-state index contributed by atoms with van der Waals surface area (Å²) >= 11 is 1.99. The molecular weight excluding hydrogens is 212 g/mol. The fourth-order valence-corrected chi connectivity index (χ4v) is 3.62. The van der Waals surface area contributed by atoms with Crippen LogP contribution in [0, 0.1) is 10.8 Å². The number of hydrogen-bond donors (Lipinski definition) is 0. The van der Waals surface area contributed by atoms with E-state index in [-0.39, 0.29) is 0 Å². The molecule has 0 N–H and O–H groups in total. The number of hydrogen-bond acceptors (Lipinski definition) is 1. The summed E-state index contributed by atoms with van der Waals surface area (Å²) in [5.41, 5.74) is 1.16. The van der Waals surface area contributed by atoms with E-state index in [0.29, 0.717) is 10.8 Å². The van der Waals surface area contributed by atoms with Crippen LogP contribution in [0.1, 0.15) is 72.1 Å². The van der Waals surface area contributed by atoms with Crippen molar-refractivity contribution in [3.8, 4) is 0 Å². The highest BCUT2D eigenvalue weighted by Gasteiger charge is 2.40. The standard InChI is InChI=1S/C15H30S/c1-14(2,10-8-9-13-16-4)15(3)11-6-5-7-12-15/h5-13H2,1-4H3. The van der Waals surface area contributed by atoms with Gasteiger partial charge in [0.1, 0.15) is 0 Å². The maximum Gasteiger partial charge on any atom is -0.00703 e. The lowest BCUT2D eigenvalue weighted by Crippen LogP contribution is -2.37. The molecule has 1 aliphatic rings. The van der Waals surface area contributed by atoms with Gasteiger partial charge in [0.15, 0.2) is 0 Å². The third kappa shape index (κ3) is 3.68. The predicted octanol–water partition coefficient (Wildman–Crippen LogP) is 5.52. The minimum Gasteiger partial charge on any atom is -0.165 e. The Balaban J connectivity index is 2.41. The van der Waals surface area contributed by atoms with Gasteiger partial charge in [0.2, 0.25) is 0 Å². The second kappa shape index (κ2) is 6.33. The van der Waals surface area contributed by atoms with Gasteiger partial charge in [-0.05, 0) is 48.5 Å². The fourth-order valence-electron chi connectivity index (χ4n) is 3.12. The maximum atomic E-state index is 2.54. The van der Waals surface area contributed by atoms with Crippen molar-refractivity contribution >= 4 is 11.8 Å². The minimum absolute atomic E-state index is 0.547. The van der Waals surface area contributed by atoms with Crippen LogP contribution in [0.5, 0.6) is 0 Å². The van der Waals surface area contributed by atoms with E-state index in [9.17, 15) is 0 Å². The van der Waals surface area contributed by atoms with Gasteiger partial charge in [0, 0.05) is 0 Å². The van der Waals surface area contributed by atoms with Crippen molar-refractivity contribution in [3.63, 3.8) is 0 Å². The first-order valence-corrected chi connectivity index (χ1v) is 8.40. The van der Waals surface area contributed by atoms with Gasteiger partial charge in [-0.15, -0.1) is 0 Å². The molecule has 0 radical (unpaired) electrons. The molecule has 16 heavy (non-hydrogen) atoms. The second-order valence-electron chi connectivity index (χ2n) is 6.46. The van der Waals surface area contributed by atoms with Gasteiger partial charge in [0.25, 0.3) is 0 Å². The number of unbranched alkanes of at least 4 members (excludes halogenated alkanes) is 1. The Labute approximate surface area is 107 Å². The van der Waals surface area contributed by atoms with Crippen LogP contribution in [-0.4, -0.2) is 12.0 Å². The van der Waals surface area contributed by atoms with Crippen molar-refractivity contribution in [2.45, 2.75) is 72.1 Å². The van der Waals surface area contributed by atoms with E-state index in [4.69, 9.17) is 0 Å². The molecule has 0 aliphatic heterocycles. The normalized spacial score (nSPS) is 21.0. The molecular formula is C15H30S. The first-order chi connectivity index (χ1) is 7.52. The van der Waals surface area contributed by atoms with Crippen molar-refractivity contribution in [1.82, 2.24) is 0 Å². The highest BCUT2D eigenvalue weighted by molar-refractivity contribution is 7.98. The molecule has 0 bridgehead atoms. The molecule has 0 nitrogen and oxygen atoms in total. The van der Waals surface area contributed by atoms with Crippen LogP contribution >= 0.6 is 11.8 Å². The summed E-state index contributed by atoms with van der Waals surface area (Å²) in [5.74, 6) is 1.34. The van der Waals surface area contributed by atoms with E-state index in [0.717, 1.165) is 0 Å². The van der Waals surface area contributed by atoms with Crippen LogP contribution < -0.4 is 0 Å². The Morgan fingerprint density at radius 2 is 1.69 bits per heavy atom. The van der Waals surface area contributed by atoms with E-state index in [2.05, 4.69) is 27.0 Å². The second-order valence-corrected chi connectivity index (χ2v) is 7.44. The average molecular weight is 242 g/mol. The average Bonchev–Trinajstić information content (AvgIpc) is 2.25. The Hall–Kier alpha value is 0.350. The summed E-state index contributed by atoms with van der Waals surface area (Å²) < 4.78 is 0. The van der Waals surface area contributed by atoms with Crippen molar-refractivity contribution in [2.75, 3.05) is 12.0 Å². The molecule has 1 heteroatoms. The molecule has 0 aromatic rings. The van der Waals surface area contributed by atoms with Gasteiger partial charge < -0.3 is 0 Å². The lowest BCUT2D eigenvalue weighted by molar-refractivity contribution is 0.0345. The lowest BCUT2D eigenvalue weighted by atomic mass is 9.58. The van der Waals surface area contributed by atoms with Crippen LogP contribution in [0.3, 0.4) is 0 Å². The van der Waals surface area contributed by atoms with Crippen molar-refractivity contribution < 1.29 is 0 Å². The predicted molar refractivity (Wildman–Crippen MR) is 77.2 cm³/mol. The van der Waals surface area contributed by atoms with Gasteiger partial charge >= 0.3 is 0 Å². The molecule has 1 rings (SSSR count). The molecule has 0 saturated heterocycles. The quantitative estimate of drug-likeness (QED) is 0.553. The number of rotatable bonds is 6. The summed E-state index contributed by atoms with van der Waals surface area (Å²) in [4.78, 5) is 0. The van der Waals surface area contributed by atoms with E-state index in [1.807, 2.05) is 11.8 Å². The molecule has 1 saturated carbocycles. The van der Waals surface area contributed by atoms with Crippen LogP contribution in [0.15, 0.2) is 0 Å². The SMILES string of the molecule is CSCCCCC(C)(C)C1(C)CCCCC1. The number of thioether (sulfide) groups is 1. The topological polar surface area (TPSA) is 0 Å². The summed E-state index contributed by atoms with van der Waals surface area (Å²) in [5, 5.41) is 0. The van der Waals surface area contributed by atoms with Crippen molar-refractivity contribution in [1.29, 1.82) is 0 Å². The van der Waals surface area contributed by atoms with Gasteiger partial charge in [-0.3, -0.25) is 0 Å². The van der Waals surface area contributed by atoms with Crippen LogP contribution in [0.2, 0.25) is 0 Å². The Morgan fingerprint density at radius 3 is 2.25 bits per heavy atom. The minimum atomic E-state index is 0.547. The summed E-state index contributed by atoms with van der Waals surface area (Å²) in [7, 11) is 0. The molecule has 0 spiro atoms. The highest BCUT2D eigenvalue weighted by Crippen LogP contribution is 2.51. The van der Waals surface area contributed by atoms with Crippen LogP contribution in [-0.2, 0) is 0 Å². The monoisotopic (exact) mass is 242 g/mol.